The maximum absolute atomic E-state index is 4.39. The van der Waals surface area contributed by atoms with Crippen LogP contribution < -0.4 is 5.32 Å². The number of hydrogen-bond acceptors (Lipinski definition) is 3. The number of fused-ring (bicyclic) bond motifs is 1. The molecule has 0 aliphatic carbocycles. The van der Waals surface area contributed by atoms with Gasteiger partial charge in [-0.05, 0) is 34.9 Å². The fourth-order valence-electron chi connectivity index (χ4n) is 2.81. The van der Waals surface area contributed by atoms with Crippen molar-refractivity contribution in [3.63, 3.8) is 0 Å². The molecular weight excluding hydrogens is 296 g/mol. The van der Waals surface area contributed by atoms with Crippen LogP contribution in [0.2, 0.25) is 0 Å². The van der Waals surface area contributed by atoms with Gasteiger partial charge in [-0.15, -0.1) is 0 Å². The van der Waals surface area contributed by atoms with Crippen LogP contribution in [-0.4, -0.2) is 15.2 Å². The Morgan fingerprint density at radius 2 is 1.67 bits per heavy atom. The van der Waals surface area contributed by atoms with E-state index in [1.807, 2.05) is 24.7 Å². The highest BCUT2D eigenvalue weighted by Crippen LogP contribution is 2.23. The van der Waals surface area contributed by atoms with Gasteiger partial charge in [0.25, 0.3) is 0 Å². The molecule has 4 heteroatoms. The van der Waals surface area contributed by atoms with Gasteiger partial charge in [-0.3, -0.25) is 10.1 Å². The zero-order chi connectivity index (χ0) is 16.2. The standard InChI is InChI=1S/C20H18N4/c1-2-4-15(5-3-1)10-21-11-16-8-18(13-22-12-16)17-6-7-20-19(9-17)14-23-24-20/h1-9,12-14,21H,10-11H2,(H,23,24). The molecule has 118 valence electrons. The third-order valence-electron chi connectivity index (χ3n) is 4.07. The summed E-state index contributed by atoms with van der Waals surface area (Å²) in [6, 6.07) is 18.9. The molecule has 0 aliphatic heterocycles. The summed E-state index contributed by atoms with van der Waals surface area (Å²) >= 11 is 0. The van der Waals surface area contributed by atoms with E-state index in [1.54, 1.807) is 0 Å². The highest BCUT2D eigenvalue weighted by molar-refractivity contribution is 5.83. The molecule has 0 spiro atoms. The lowest BCUT2D eigenvalue weighted by Gasteiger charge is -2.07. The van der Waals surface area contributed by atoms with Gasteiger partial charge in [0.05, 0.1) is 11.7 Å². The lowest BCUT2D eigenvalue weighted by Crippen LogP contribution is -2.12. The van der Waals surface area contributed by atoms with E-state index in [0.29, 0.717) is 0 Å². The molecule has 0 saturated carbocycles. The van der Waals surface area contributed by atoms with E-state index in [0.717, 1.165) is 35.1 Å². The van der Waals surface area contributed by atoms with Gasteiger partial charge in [-0.2, -0.15) is 5.10 Å². The van der Waals surface area contributed by atoms with Gasteiger partial charge in [0.2, 0.25) is 0 Å². The molecule has 0 aliphatic rings. The van der Waals surface area contributed by atoms with Crippen LogP contribution in [0.15, 0.2) is 73.2 Å². The second-order valence-corrected chi connectivity index (χ2v) is 5.84. The summed E-state index contributed by atoms with van der Waals surface area (Å²) in [7, 11) is 0. The first kappa shape index (κ1) is 14.6. The maximum Gasteiger partial charge on any atom is 0.0650 e. The third-order valence-corrected chi connectivity index (χ3v) is 4.07. The van der Waals surface area contributed by atoms with E-state index in [1.165, 1.54) is 11.1 Å². The minimum absolute atomic E-state index is 0.795. The van der Waals surface area contributed by atoms with Crippen molar-refractivity contribution in [1.82, 2.24) is 20.5 Å². The fraction of sp³-hybridized carbons (Fsp3) is 0.100. The average Bonchev–Trinajstić information content (AvgIpc) is 3.11. The van der Waals surface area contributed by atoms with E-state index in [4.69, 9.17) is 0 Å². The van der Waals surface area contributed by atoms with Gasteiger partial charge in [0.1, 0.15) is 0 Å². The van der Waals surface area contributed by atoms with Gasteiger partial charge in [0, 0.05) is 36.4 Å². The molecular formula is C20H18N4. The van der Waals surface area contributed by atoms with E-state index in [-0.39, 0.29) is 0 Å². The summed E-state index contributed by atoms with van der Waals surface area (Å²) in [6.45, 7) is 1.65. The molecule has 0 bridgehead atoms. The van der Waals surface area contributed by atoms with E-state index in [9.17, 15) is 0 Å². The number of aromatic nitrogens is 3. The van der Waals surface area contributed by atoms with Crippen molar-refractivity contribution in [2.75, 3.05) is 0 Å². The van der Waals surface area contributed by atoms with Gasteiger partial charge in [-0.25, -0.2) is 0 Å². The summed E-state index contributed by atoms with van der Waals surface area (Å²) in [5, 5.41) is 11.6. The minimum atomic E-state index is 0.795. The maximum atomic E-state index is 4.39. The van der Waals surface area contributed by atoms with Crippen LogP contribution in [0.4, 0.5) is 0 Å². The molecule has 2 aromatic carbocycles. The van der Waals surface area contributed by atoms with Crippen LogP contribution in [0.5, 0.6) is 0 Å². The minimum Gasteiger partial charge on any atom is -0.309 e. The predicted octanol–water partition coefficient (Wildman–Crippen LogP) is 3.91. The first-order valence-electron chi connectivity index (χ1n) is 8.00. The third kappa shape index (κ3) is 3.19. The molecule has 4 rings (SSSR count). The number of nitrogens with zero attached hydrogens (tertiary/aromatic N) is 2. The SMILES string of the molecule is c1ccc(CNCc2cncc(-c3ccc4[nH]ncc4c3)c2)cc1. The van der Waals surface area contributed by atoms with Crippen LogP contribution in [0, 0.1) is 0 Å². The monoisotopic (exact) mass is 314 g/mol. The van der Waals surface area contributed by atoms with Crippen molar-refractivity contribution >= 4 is 10.9 Å². The second kappa shape index (κ2) is 6.64. The molecule has 24 heavy (non-hydrogen) atoms. The van der Waals surface area contributed by atoms with Gasteiger partial charge in [0.15, 0.2) is 0 Å². The summed E-state index contributed by atoms with van der Waals surface area (Å²) < 4.78 is 0. The van der Waals surface area contributed by atoms with Crippen molar-refractivity contribution in [2.24, 2.45) is 0 Å². The molecule has 2 aromatic heterocycles. The Morgan fingerprint density at radius 1 is 0.792 bits per heavy atom. The summed E-state index contributed by atoms with van der Waals surface area (Å²) in [6.07, 6.45) is 5.66. The number of pyridine rings is 1. The molecule has 0 amide bonds. The van der Waals surface area contributed by atoms with E-state index < -0.39 is 0 Å². The van der Waals surface area contributed by atoms with Crippen molar-refractivity contribution in [3.8, 4) is 11.1 Å². The zero-order valence-electron chi connectivity index (χ0n) is 13.2. The van der Waals surface area contributed by atoms with Crippen molar-refractivity contribution in [3.05, 3.63) is 84.3 Å². The first-order valence-corrected chi connectivity index (χ1v) is 8.00. The number of nitrogens with one attached hydrogen (secondary N) is 2. The van der Waals surface area contributed by atoms with Gasteiger partial charge < -0.3 is 5.32 Å². The number of rotatable bonds is 5. The Morgan fingerprint density at radius 3 is 2.58 bits per heavy atom. The zero-order valence-corrected chi connectivity index (χ0v) is 13.2. The van der Waals surface area contributed by atoms with Crippen LogP contribution >= 0.6 is 0 Å². The molecule has 2 N–H and O–H groups in total. The van der Waals surface area contributed by atoms with E-state index >= 15 is 0 Å². The molecule has 2 heterocycles. The Kier molecular flexibility index (Phi) is 4.04. The highest BCUT2D eigenvalue weighted by Gasteiger charge is 2.03. The smallest absolute Gasteiger partial charge is 0.0650 e. The molecule has 0 unspecified atom stereocenters. The summed E-state index contributed by atoms with van der Waals surface area (Å²) in [4.78, 5) is 4.39. The van der Waals surface area contributed by atoms with Crippen molar-refractivity contribution in [2.45, 2.75) is 13.1 Å². The molecule has 0 fully saturated rings. The topological polar surface area (TPSA) is 53.6 Å². The Hall–Kier alpha value is -2.98. The number of aromatic amines is 1. The van der Waals surface area contributed by atoms with Gasteiger partial charge in [-0.1, -0.05) is 36.4 Å². The predicted molar refractivity (Wildman–Crippen MR) is 96.3 cm³/mol. The largest absolute Gasteiger partial charge is 0.309 e. The Labute approximate surface area is 140 Å². The normalized spacial score (nSPS) is 11.0. The summed E-state index contributed by atoms with van der Waals surface area (Å²) in [5.41, 5.74) is 5.79. The summed E-state index contributed by atoms with van der Waals surface area (Å²) in [5.74, 6) is 0. The molecule has 0 radical (unpaired) electrons. The Balaban J connectivity index is 1.48. The average molecular weight is 314 g/mol. The highest BCUT2D eigenvalue weighted by atomic mass is 15.1. The number of benzene rings is 2. The Bertz CT molecular complexity index is 944. The van der Waals surface area contributed by atoms with Crippen LogP contribution in [0.25, 0.3) is 22.0 Å². The van der Waals surface area contributed by atoms with Crippen LogP contribution in [0.1, 0.15) is 11.1 Å². The van der Waals surface area contributed by atoms with Crippen molar-refractivity contribution < 1.29 is 0 Å². The van der Waals surface area contributed by atoms with Crippen LogP contribution in [-0.2, 0) is 13.1 Å². The molecule has 0 saturated heterocycles. The quantitative estimate of drug-likeness (QED) is 0.587. The lowest BCUT2D eigenvalue weighted by atomic mass is 10.0. The second-order valence-electron chi connectivity index (χ2n) is 5.84. The fourth-order valence-corrected chi connectivity index (χ4v) is 2.81. The number of hydrogen-bond donors (Lipinski definition) is 2. The number of H-pyrrole nitrogens is 1. The first-order chi connectivity index (χ1) is 11.9. The molecule has 0 atom stereocenters. The van der Waals surface area contributed by atoms with Crippen LogP contribution in [0.3, 0.4) is 0 Å². The molecule has 4 nitrogen and oxygen atoms in total. The van der Waals surface area contributed by atoms with E-state index in [2.05, 4.69) is 69.0 Å². The van der Waals surface area contributed by atoms with Crippen molar-refractivity contribution in [1.29, 1.82) is 0 Å². The van der Waals surface area contributed by atoms with Gasteiger partial charge >= 0.3 is 0 Å². The lowest BCUT2D eigenvalue weighted by molar-refractivity contribution is 0.691. The molecule has 4 aromatic rings.